The van der Waals surface area contributed by atoms with Gasteiger partial charge in [-0.1, -0.05) is 287 Å². The monoisotopic (exact) mass is 1190 g/mol. The number of ketones is 5. The van der Waals surface area contributed by atoms with Crippen LogP contribution in [0, 0.1) is 79.8 Å². The first-order valence-corrected chi connectivity index (χ1v) is 36.4. The lowest BCUT2D eigenvalue weighted by Gasteiger charge is -2.30. The lowest BCUT2D eigenvalue weighted by Crippen LogP contribution is -2.25. The lowest BCUT2D eigenvalue weighted by molar-refractivity contribution is -0.126. The summed E-state index contributed by atoms with van der Waals surface area (Å²) in [6.45, 7) is 56.2. The molecule has 502 valence electrons. The standard InChI is InChI=1S/C17H32O.C17H34O.C16H30O.2C15H28O/c1-5-6-11-15(12-14-9-7-8-10-14)16(18)13-17(2,3)4;1-8-9-10-14(11-12-16(2,3)4)15(18)13-17(5,6)7;1-5-6-10-14(11-13-8-7-9-13)15(17)12-16(2,3)4;1-5-6-7-13(10-12-8-9-12)14(16)11-15(2,3)4;1-7-8-9-13(10-12(2)3)14(16)11-15(4,5)6/h14-15H,5-13H2,1-4H3;14H,8-13H2,1-7H3;13-14H,5-12H2,1-4H3;12-13H,5-11H2,1-4H3;13H,2,7-11H2,1,3-6H3. The molecule has 0 amide bonds. The third kappa shape index (κ3) is 51.5. The summed E-state index contributed by atoms with van der Waals surface area (Å²) in [6, 6.07) is 0. The van der Waals surface area contributed by atoms with Crippen LogP contribution in [-0.2, 0) is 24.0 Å². The predicted molar refractivity (Wildman–Crippen MR) is 374 cm³/mol. The lowest BCUT2D eigenvalue weighted by atomic mass is 9.74. The summed E-state index contributed by atoms with van der Waals surface area (Å²) in [5.74, 6) is 6.65. The van der Waals surface area contributed by atoms with Crippen molar-refractivity contribution >= 4 is 28.9 Å². The molecule has 3 aliphatic rings. The Labute approximate surface area is 533 Å². The maximum absolute atomic E-state index is 12.5. The maximum Gasteiger partial charge on any atom is 0.136 e. The summed E-state index contributed by atoms with van der Waals surface area (Å²) in [5.41, 5.74) is 2.17. The van der Waals surface area contributed by atoms with Gasteiger partial charge in [0.25, 0.3) is 0 Å². The Morgan fingerprint density at radius 1 is 0.329 bits per heavy atom. The number of allylic oxidation sites excluding steroid dienone is 1. The number of Topliss-reactive ketones (excluding diaryl/α,β-unsaturated/α-hetero) is 5. The Balaban J connectivity index is 0. The van der Waals surface area contributed by atoms with E-state index in [4.69, 9.17) is 0 Å². The van der Waals surface area contributed by atoms with Crippen LogP contribution in [0.3, 0.4) is 0 Å². The van der Waals surface area contributed by atoms with Gasteiger partial charge in [-0.15, -0.1) is 6.58 Å². The van der Waals surface area contributed by atoms with Crippen molar-refractivity contribution in [2.24, 2.45) is 79.8 Å². The molecule has 5 atom stereocenters. The highest BCUT2D eigenvalue weighted by atomic mass is 16.1. The number of carbonyl (C=O) groups excluding carboxylic acids is 5. The fourth-order valence-corrected chi connectivity index (χ4v) is 12.2. The highest BCUT2D eigenvalue weighted by Gasteiger charge is 2.33. The van der Waals surface area contributed by atoms with E-state index in [-0.39, 0.29) is 33.0 Å². The Bertz CT molecular complexity index is 1780. The zero-order valence-electron chi connectivity index (χ0n) is 62.1. The smallest absolute Gasteiger partial charge is 0.136 e. The maximum atomic E-state index is 12.5. The molecule has 3 fully saturated rings. The summed E-state index contributed by atoms with van der Waals surface area (Å²) < 4.78 is 0. The van der Waals surface area contributed by atoms with E-state index >= 15 is 0 Å². The van der Waals surface area contributed by atoms with Gasteiger partial charge < -0.3 is 0 Å². The van der Waals surface area contributed by atoms with Crippen LogP contribution in [0.4, 0.5) is 0 Å². The van der Waals surface area contributed by atoms with E-state index in [1.807, 2.05) is 6.92 Å². The van der Waals surface area contributed by atoms with Gasteiger partial charge >= 0.3 is 0 Å². The molecular formula is C80H152O5. The second kappa shape index (κ2) is 43.7. The zero-order valence-corrected chi connectivity index (χ0v) is 62.1. The molecule has 5 nitrogen and oxygen atoms in total. The van der Waals surface area contributed by atoms with Crippen molar-refractivity contribution < 1.29 is 24.0 Å². The van der Waals surface area contributed by atoms with Crippen LogP contribution in [0.5, 0.6) is 0 Å². The molecule has 0 aromatic carbocycles. The number of carbonyl (C=O) groups is 5. The topological polar surface area (TPSA) is 85.3 Å². The highest BCUT2D eigenvalue weighted by molar-refractivity contribution is 5.83. The van der Waals surface area contributed by atoms with Gasteiger partial charge in [-0.2, -0.15) is 0 Å². The Morgan fingerprint density at radius 3 is 0.788 bits per heavy atom. The second-order valence-corrected chi connectivity index (χ2v) is 35.6. The molecule has 0 aliphatic heterocycles. The molecule has 5 heteroatoms. The van der Waals surface area contributed by atoms with Crippen molar-refractivity contribution in [1.82, 2.24) is 0 Å². The second-order valence-electron chi connectivity index (χ2n) is 35.6. The number of unbranched alkanes of at least 4 members (excludes halogenated alkanes) is 5. The molecule has 3 aliphatic carbocycles. The molecule has 0 bridgehead atoms. The van der Waals surface area contributed by atoms with Crippen LogP contribution in [0.25, 0.3) is 0 Å². The number of rotatable bonds is 35. The van der Waals surface area contributed by atoms with Crippen LogP contribution < -0.4 is 0 Å². The molecule has 0 aromatic heterocycles. The van der Waals surface area contributed by atoms with Gasteiger partial charge in [0.2, 0.25) is 0 Å². The summed E-state index contributed by atoms with van der Waals surface area (Å²) in [5, 5.41) is 0. The largest absolute Gasteiger partial charge is 0.299 e. The van der Waals surface area contributed by atoms with Crippen LogP contribution >= 0.6 is 0 Å². The van der Waals surface area contributed by atoms with Gasteiger partial charge in [-0.05, 0) is 128 Å². The molecule has 0 radical (unpaired) electrons. The molecule has 85 heavy (non-hydrogen) atoms. The highest BCUT2D eigenvalue weighted by Crippen LogP contribution is 2.40. The van der Waals surface area contributed by atoms with Gasteiger partial charge in [0.1, 0.15) is 28.9 Å². The van der Waals surface area contributed by atoms with Crippen molar-refractivity contribution in [3.8, 4) is 0 Å². The van der Waals surface area contributed by atoms with E-state index in [1.54, 1.807) is 0 Å². The Morgan fingerprint density at radius 2 is 0.565 bits per heavy atom. The molecular weight excluding hydrogens is 1040 g/mol. The van der Waals surface area contributed by atoms with Crippen LogP contribution in [0.2, 0.25) is 0 Å². The zero-order chi connectivity index (χ0) is 65.8. The molecule has 0 N–H and O–H groups in total. The number of hydrogen-bond acceptors (Lipinski definition) is 5. The minimum absolute atomic E-state index is 0.108. The SMILES string of the molecule is C=C(C)CC(CCCC)C(=O)CC(C)(C)C.CCCCC(CC1CC1)C(=O)CC(C)(C)C.CCCCC(CC1CCC1)C(=O)CC(C)(C)C.CCCCC(CC1CCCC1)C(=O)CC(C)(C)C.CCCCC(CCC(C)(C)C)C(=O)CC(C)(C)C. The number of hydrogen-bond donors (Lipinski definition) is 0. The minimum atomic E-state index is 0.108. The van der Waals surface area contributed by atoms with Crippen molar-refractivity contribution in [1.29, 1.82) is 0 Å². The molecule has 0 heterocycles. The Hall–Kier alpha value is -1.91. The summed E-state index contributed by atoms with van der Waals surface area (Å²) in [6.07, 6.45) is 40.1. The molecule has 0 spiro atoms. The van der Waals surface area contributed by atoms with E-state index in [1.165, 1.54) is 128 Å². The van der Waals surface area contributed by atoms with E-state index in [0.717, 1.165) is 113 Å². The van der Waals surface area contributed by atoms with Crippen LogP contribution in [0.1, 0.15) is 391 Å². The van der Waals surface area contributed by atoms with Gasteiger partial charge in [0.15, 0.2) is 0 Å². The summed E-state index contributed by atoms with van der Waals surface area (Å²) >= 11 is 0. The van der Waals surface area contributed by atoms with E-state index < -0.39 is 0 Å². The normalized spacial score (nSPS) is 16.9. The van der Waals surface area contributed by atoms with Crippen LogP contribution in [0.15, 0.2) is 12.2 Å². The average molecular weight is 1190 g/mol. The van der Waals surface area contributed by atoms with E-state index in [9.17, 15) is 24.0 Å². The third-order valence-corrected chi connectivity index (χ3v) is 17.4. The van der Waals surface area contributed by atoms with Crippen LogP contribution in [-0.4, -0.2) is 28.9 Å². The van der Waals surface area contributed by atoms with E-state index in [2.05, 4.69) is 166 Å². The van der Waals surface area contributed by atoms with Crippen molar-refractivity contribution in [2.75, 3.05) is 0 Å². The summed E-state index contributed by atoms with van der Waals surface area (Å²) in [7, 11) is 0. The minimum Gasteiger partial charge on any atom is -0.299 e. The van der Waals surface area contributed by atoms with E-state index in [0.29, 0.717) is 64.4 Å². The fourth-order valence-electron chi connectivity index (χ4n) is 12.2. The first-order chi connectivity index (χ1) is 39.1. The predicted octanol–water partition coefficient (Wildman–Crippen LogP) is 25.4. The van der Waals surface area contributed by atoms with Crippen molar-refractivity contribution in [3.63, 3.8) is 0 Å². The molecule has 3 saturated carbocycles. The van der Waals surface area contributed by atoms with Gasteiger partial charge in [0, 0.05) is 61.7 Å². The molecule has 3 rings (SSSR count). The summed E-state index contributed by atoms with van der Waals surface area (Å²) in [4.78, 5) is 61.6. The molecule has 5 unspecified atom stereocenters. The Kier molecular flexibility index (Phi) is 43.8. The van der Waals surface area contributed by atoms with Gasteiger partial charge in [-0.25, -0.2) is 0 Å². The fraction of sp³-hybridized carbons (Fsp3) is 0.912. The average Bonchev–Trinajstić information content (AvgIpc) is 4.19. The quantitative estimate of drug-likeness (QED) is 0.0590. The first-order valence-electron chi connectivity index (χ1n) is 36.4. The first kappa shape index (κ1) is 85.2. The van der Waals surface area contributed by atoms with Gasteiger partial charge in [-0.3, -0.25) is 24.0 Å². The molecule has 0 saturated heterocycles. The van der Waals surface area contributed by atoms with Crippen molar-refractivity contribution in [3.05, 3.63) is 12.2 Å². The third-order valence-electron chi connectivity index (χ3n) is 17.4. The van der Waals surface area contributed by atoms with Gasteiger partial charge in [0.05, 0.1) is 0 Å². The van der Waals surface area contributed by atoms with Crippen molar-refractivity contribution in [2.45, 2.75) is 391 Å². The molecule has 0 aromatic rings.